The highest BCUT2D eigenvalue weighted by Gasteiger charge is 2.12. The van der Waals surface area contributed by atoms with E-state index in [4.69, 9.17) is 14.2 Å². The SMILES string of the molecule is COc1cc(OC)c(OC)cc1CNc1ccccc1Br. The van der Waals surface area contributed by atoms with Gasteiger partial charge in [0.15, 0.2) is 11.5 Å². The molecule has 0 unspecified atom stereocenters. The zero-order valence-electron chi connectivity index (χ0n) is 12.3. The molecule has 0 aliphatic heterocycles. The van der Waals surface area contributed by atoms with Crippen LogP contribution in [0, 0.1) is 0 Å². The number of methoxy groups -OCH3 is 3. The second-order valence-corrected chi connectivity index (χ2v) is 5.21. The Balaban J connectivity index is 2.25. The molecule has 0 bridgehead atoms. The van der Waals surface area contributed by atoms with Crippen molar-refractivity contribution in [3.8, 4) is 17.2 Å². The first-order valence-corrected chi connectivity index (χ1v) is 7.26. The van der Waals surface area contributed by atoms with Crippen LogP contribution in [0.15, 0.2) is 40.9 Å². The third-order valence-electron chi connectivity index (χ3n) is 3.13. The smallest absolute Gasteiger partial charge is 0.164 e. The van der Waals surface area contributed by atoms with Crippen LogP contribution in [0.5, 0.6) is 17.2 Å². The van der Waals surface area contributed by atoms with Crippen LogP contribution < -0.4 is 19.5 Å². The monoisotopic (exact) mass is 351 g/mol. The van der Waals surface area contributed by atoms with Crippen molar-refractivity contribution in [2.45, 2.75) is 6.54 Å². The molecule has 0 saturated heterocycles. The summed E-state index contributed by atoms with van der Waals surface area (Å²) >= 11 is 3.52. The van der Waals surface area contributed by atoms with E-state index in [1.807, 2.05) is 36.4 Å². The second-order valence-electron chi connectivity index (χ2n) is 4.35. The van der Waals surface area contributed by atoms with Crippen molar-refractivity contribution in [2.24, 2.45) is 0 Å². The number of benzene rings is 2. The Labute approximate surface area is 133 Å². The van der Waals surface area contributed by atoms with E-state index in [0.717, 1.165) is 21.5 Å². The van der Waals surface area contributed by atoms with Gasteiger partial charge in [0.05, 0.1) is 21.3 Å². The fraction of sp³-hybridized carbons (Fsp3) is 0.250. The molecule has 2 rings (SSSR count). The third-order valence-corrected chi connectivity index (χ3v) is 3.82. The Kier molecular flexibility index (Phi) is 5.33. The summed E-state index contributed by atoms with van der Waals surface area (Å²) in [7, 11) is 4.87. The van der Waals surface area contributed by atoms with Gasteiger partial charge in [0.25, 0.3) is 0 Å². The lowest BCUT2D eigenvalue weighted by Crippen LogP contribution is -2.03. The van der Waals surface area contributed by atoms with Crippen LogP contribution in [0.25, 0.3) is 0 Å². The normalized spacial score (nSPS) is 10.1. The van der Waals surface area contributed by atoms with Gasteiger partial charge in [0.2, 0.25) is 0 Å². The number of rotatable bonds is 6. The minimum absolute atomic E-state index is 0.617. The van der Waals surface area contributed by atoms with E-state index >= 15 is 0 Å². The molecule has 0 atom stereocenters. The van der Waals surface area contributed by atoms with Gasteiger partial charge in [-0.2, -0.15) is 0 Å². The molecule has 0 radical (unpaired) electrons. The van der Waals surface area contributed by atoms with E-state index in [-0.39, 0.29) is 0 Å². The average molecular weight is 352 g/mol. The van der Waals surface area contributed by atoms with Gasteiger partial charge < -0.3 is 19.5 Å². The van der Waals surface area contributed by atoms with Crippen LogP contribution in [0.1, 0.15) is 5.56 Å². The highest BCUT2D eigenvalue weighted by molar-refractivity contribution is 9.10. The molecule has 2 aromatic rings. The molecule has 0 aliphatic rings. The average Bonchev–Trinajstić information content (AvgIpc) is 2.53. The highest BCUT2D eigenvalue weighted by Crippen LogP contribution is 2.35. The maximum absolute atomic E-state index is 5.42. The van der Waals surface area contributed by atoms with Crippen molar-refractivity contribution in [1.29, 1.82) is 0 Å². The van der Waals surface area contributed by atoms with E-state index in [1.165, 1.54) is 0 Å². The van der Waals surface area contributed by atoms with E-state index < -0.39 is 0 Å². The molecule has 0 aliphatic carbocycles. The number of para-hydroxylation sites is 1. The minimum Gasteiger partial charge on any atom is -0.496 e. The van der Waals surface area contributed by atoms with Gasteiger partial charge in [0.1, 0.15) is 5.75 Å². The quantitative estimate of drug-likeness (QED) is 0.850. The van der Waals surface area contributed by atoms with Gasteiger partial charge in [-0.1, -0.05) is 12.1 Å². The molecule has 1 N–H and O–H groups in total. The van der Waals surface area contributed by atoms with Gasteiger partial charge >= 0.3 is 0 Å². The predicted molar refractivity (Wildman–Crippen MR) is 87.6 cm³/mol. The van der Waals surface area contributed by atoms with Crippen molar-refractivity contribution in [3.63, 3.8) is 0 Å². The lowest BCUT2D eigenvalue weighted by molar-refractivity contribution is 0.347. The summed E-state index contributed by atoms with van der Waals surface area (Å²) in [6, 6.07) is 11.7. The first-order valence-electron chi connectivity index (χ1n) is 6.47. The molecule has 5 heteroatoms. The van der Waals surface area contributed by atoms with Crippen molar-refractivity contribution < 1.29 is 14.2 Å². The first kappa shape index (κ1) is 15.5. The molecule has 21 heavy (non-hydrogen) atoms. The van der Waals surface area contributed by atoms with Crippen LogP contribution in [0.4, 0.5) is 5.69 Å². The van der Waals surface area contributed by atoms with Crippen LogP contribution in [0.2, 0.25) is 0 Å². The zero-order valence-corrected chi connectivity index (χ0v) is 13.9. The molecule has 0 aromatic heterocycles. The fourth-order valence-corrected chi connectivity index (χ4v) is 2.45. The van der Waals surface area contributed by atoms with Gasteiger partial charge in [-0.15, -0.1) is 0 Å². The summed E-state index contributed by atoms with van der Waals surface area (Å²) in [6.45, 7) is 0.617. The summed E-state index contributed by atoms with van der Waals surface area (Å²) < 4.78 is 17.1. The number of ether oxygens (including phenoxy) is 3. The standard InChI is InChI=1S/C16H18BrNO3/c1-19-14-9-16(21-3)15(20-2)8-11(14)10-18-13-7-5-4-6-12(13)17/h4-9,18H,10H2,1-3H3. The molecule has 2 aromatic carbocycles. The molecule has 4 nitrogen and oxygen atoms in total. The van der Waals surface area contributed by atoms with Gasteiger partial charge in [-0.05, 0) is 34.1 Å². The fourth-order valence-electron chi connectivity index (χ4n) is 2.03. The summed E-state index contributed by atoms with van der Waals surface area (Å²) in [5.41, 5.74) is 2.01. The number of nitrogens with one attached hydrogen (secondary N) is 1. The van der Waals surface area contributed by atoms with Crippen molar-refractivity contribution in [3.05, 3.63) is 46.4 Å². The Hall–Kier alpha value is -1.88. The predicted octanol–water partition coefficient (Wildman–Crippen LogP) is 4.09. The Bertz CT molecular complexity index is 616. The molecule has 0 heterocycles. The molecule has 0 fully saturated rings. The number of hydrogen-bond acceptors (Lipinski definition) is 4. The molecule has 0 spiro atoms. The Morgan fingerprint density at radius 1 is 0.905 bits per heavy atom. The van der Waals surface area contributed by atoms with Crippen molar-refractivity contribution >= 4 is 21.6 Å². The zero-order chi connectivity index (χ0) is 15.2. The maximum Gasteiger partial charge on any atom is 0.164 e. The summed E-state index contributed by atoms with van der Waals surface area (Å²) in [5.74, 6) is 2.09. The van der Waals surface area contributed by atoms with Crippen molar-refractivity contribution in [1.82, 2.24) is 0 Å². The first-order chi connectivity index (χ1) is 10.2. The number of anilines is 1. The second kappa shape index (κ2) is 7.22. The van der Waals surface area contributed by atoms with Gasteiger partial charge in [0, 0.05) is 28.3 Å². The lowest BCUT2D eigenvalue weighted by atomic mass is 10.1. The molecular weight excluding hydrogens is 334 g/mol. The molecular formula is C16H18BrNO3. The van der Waals surface area contributed by atoms with Gasteiger partial charge in [-0.3, -0.25) is 0 Å². The largest absolute Gasteiger partial charge is 0.496 e. The van der Waals surface area contributed by atoms with Crippen LogP contribution >= 0.6 is 15.9 Å². The van der Waals surface area contributed by atoms with Crippen LogP contribution in [-0.4, -0.2) is 21.3 Å². The van der Waals surface area contributed by atoms with Gasteiger partial charge in [-0.25, -0.2) is 0 Å². The Morgan fingerprint density at radius 3 is 2.14 bits per heavy atom. The summed E-state index contributed by atoms with van der Waals surface area (Å²) in [4.78, 5) is 0. The van der Waals surface area contributed by atoms with Crippen LogP contribution in [0.3, 0.4) is 0 Å². The van der Waals surface area contributed by atoms with E-state index in [9.17, 15) is 0 Å². The highest BCUT2D eigenvalue weighted by atomic mass is 79.9. The number of hydrogen-bond donors (Lipinski definition) is 1. The van der Waals surface area contributed by atoms with Crippen molar-refractivity contribution in [2.75, 3.05) is 26.6 Å². The molecule has 0 amide bonds. The van der Waals surface area contributed by atoms with E-state index in [2.05, 4.69) is 21.2 Å². The third kappa shape index (κ3) is 3.61. The van der Waals surface area contributed by atoms with E-state index in [0.29, 0.717) is 18.0 Å². The molecule has 112 valence electrons. The minimum atomic E-state index is 0.617. The van der Waals surface area contributed by atoms with Crippen LogP contribution in [-0.2, 0) is 6.54 Å². The molecule has 0 saturated carbocycles. The topological polar surface area (TPSA) is 39.7 Å². The van der Waals surface area contributed by atoms with E-state index in [1.54, 1.807) is 21.3 Å². The number of halogens is 1. The summed E-state index contributed by atoms with van der Waals surface area (Å²) in [5, 5.41) is 3.37. The maximum atomic E-state index is 5.42. The Morgan fingerprint density at radius 2 is 1.52 bits per heavy atom. The lowest BCUT2D eigenvalue weighted by Gasteiger charge is -2.15. The summed E-state index contributed by atoms with van der Waals surface area (Å²) in [6.07, 6.45) is 0.